The van der Waals surface area contributed by atoms with Crippen molar-refractivity contribution in [2.24, 2.45) is 5.92 Å². The minimum absolute atomic E-state index is 0.0475. The van der Waals surface area contributed by atoms with Crippen LogP contribution in [0.4, 0.5) is 4.79 Å². The summed E-state index contributed by atoms with van der Waals surface area (Å²) in [4.78, 5) is 13.9. The Hall–Kier alpha value is -1.82. The second-order valence-corrected chi connectivity index (χ2v) is 8.23. The van der Waals surface area contributed by atoms with Gasteiger partial charge in [-0.3, -0.25) is 0 Å². The topological polar surface area (TPSA) is 66.5 Å². The highest BCUT2D eigenvalue weighted by molar-refractivity contribution is 7.90. The highest BCUT2D eigenvalue weighted by atomic mass is 32.2. The maximum atomic E-state index is 12.2. The smallest absolute Gasteiger partial charge is 0.317 e. The molecule has 1 aromatic rings. The Bertz CT molecular complexity index is 610. The molecule has 0 aliphatic heterocycles. The molecule has 23 heavy (non-hydrogen) atoms. The van der Waals surface area contributed by atoms with Crippen molar-refractivity contribution >= 4 is 21.9 Å². The van der Waals surface area contributed by atoms with Crippen molar-refractivity contribution < 1.29 is 13.2 Å². The van der Waals surface area contributed by atoms with Crippen LogP contribution in [0.15, 0.2) is 36.4 Å². The Kier molecular flexibility index (Phi) is 7.81. The van der Waals surface area contributed by atoms with Crippen LogP contribution in [0.2, 0.25) is 0 Å². The lowest BCUT2D eigenvalue weighted by Crippen LogP contribution is -2.43. The number of amides is 2. The van der Waals surface area contributed by atoms with E-state index in [0.29, 0.717) is 19.0 Å². The Morgan fingerprint density at radius 3 is 2.48 bits per heavy atom. The van der Waals surface area contributed by atoms with Gasteiger partial charge in [0, 0.05) is 25.9 Å². The summed E-state index contributed by atoms with van der Waals surface area (Å²) in [6.45, 7) is 5.31. The van der Waals surface area contributed by atoms with Crippen LogP contribution in [0.25, 0.3) is 6.08 Å². The first kappa shape index (κ1) is 19.2. The largest absolute Gasteiger partial charge is 0.337 e. The van der Waals surface area contributed by atoms with Crippen LogP contribution < -0.4 is 5.32 Å². The van der Waals surface area contributed by atoms with Gasteiger partial charge in [-0.1, -0.05) is 56.3 Å². The molecule has 0 aliphatic rings. The van der Waals surface area contributed by atoms with Crippen LogP contribution in [0.5, 0.6) is 0 Å². The van der Waals surface area contributed by atoms with Crippen LogP contribution in [-0.4, -0.2) is 51.0 Å². The highest BCUT2D eigenvalue weighted by Crippen LogP contribution is 2.04. The van der Waals surface area contributed by atoms with Gasteiger partial charge in [0.2, 0.25) is 0 Å². The number of hydrogen-bond donors (Lipinski definition) is 1. The summed E-state index contributed by atoms with van der Waals surface area (Å²) in [6.07, 6.45) is 5.07. The fraction of sp³-hybridized carbons (Fsp3) is 0.471. The van der Waals surface area contributed by atoms with Crippen molar-refractivity contribution in [3.05, 3.63) is 42.0 Å². The summed E-state index contributed by atoms with van der Waals surface area (Å²) >= 11 is 0. The number of hydrogen-bond acceptors (Lipinski definition) is 3. The fourth-order valence-corrected chi connectivity index (χ4v) is 2.49. The molecule has 5 nitrogen and oxygen atoms in total. The van der Waals surface area contributed by atoms with E-state index in [-0.39, 0.29) is 18.3 Å². The molecule has 128 valence electrons. The number of rotatable bonds is 8. The normalized spacial score (nSPS) is 11.8. The molecule has 0 saturated heterocycles. The van der Waals surface area contributed by atoms with Gasteiger partial charge >= 0.3 is 6.03 Å². The van der Waals surface area contributed by atoms with Crippen LogP contribution >= 0.6 is 0 Å². The molecule has 0 unspecified atom stereocenters. The molecule has 0 heterocycles. The van der Waals surface area contributed by atoms with Crippen LogP contribution in [0.3, 0.4) is 0 Å². The third-order valence-electron chi connectivity index (χ3n) is 3.06. The number of nitrogens with one attached hydrogen (secondary N) is 1. The maximum Gasteiger partial charge on any atom is 0.317 e. The van der Waals surface area contributed by atoms with E-state index >= 15 is 0 Å². The third kappa shape index (κ3) is 9.03. The summed E-state index contributed by atoms with van der Waals surface area (Å²) in [6, 6.07) is 9.63. The lowest BCUT2D eigenvalue weighted by Gasteiger charge is -2.23. The van der Waals surface area contributed by atoms with Crippen LogP contribution in [-0.2, 0) is 9.84 Å². The van der Waals surface area contributed by atoms with Gasteiger partial charge in [-0.25, -0.2) is 13.2 Å². The van der Waals surface area contributed by atoms with Gasteiger partial charge in [0.25, 0.3) is 0 Å². The summed E-state index contributed by atoms with van der Waals surface area (Å²) in [5.41, 5.74) is 1.08. The van der Waals surface area contributed by atoms with E-state index in [9.17, 15) is 13.2 Å². The first-order valence-corrected chi connectivity index (χ1v) is 9.76. The lowest BCUT2D eigenvalue weighted by atomic mass is 10.2. The fourth-order valence-electron chi connectivity index (χ4n) is 2.02. The van der Waals surface area contributed by atoms with Gasteiger partial charge in [0.1, 0.15) is 9.84 Å². The van der Waals surface area contributed by atoms with Gasteiger partial charge in [-0.05, 0) is 11.5 Å². The number of urea groups is 1. The predicted octanol–water partition coefficient (Wildman–Crippen LogP) is 2.41. The monoisotopic (exact) mass is 338 g/mol. The average molecular weight is 338 g/mol. The molecule has 1 rings (SSSR count). The van der Waals surface area contributed by atoms with Gasteiger partial charge in [-0.15, -0.1) is 0 Å². The average Bonchev–Trinajstić information content (AvgIpc) is 2.45. The number of sulfone groups is 1. The van der Waals surface area contributed by atoms with E-state index in [0.717, 1.165) is 11.8 Å². The second kappa shape index (κ2) is 9.35. The summed E-state index contributed by atoms with van der Waals surface area (Å²) in [5, 5.41) is 2.67. The molecular weight excluding hydrogens is 312 g/mol. The number of benzene rings is 1. The first-order chi connectivity index (χ1) is 10.8. The van der Waals surface area contributed by atoms with Crippen molar-refractivity contribution in [1.82, 2.24) is 10.2 Å². The molecule has 0 fully saturated rings. The second-order valence-electron chi connectivity index (χ2n) is 5.97. The molecule has 0 aliphatic carbocycles. The van der Waals surface area contributed by atoms with Crippen molar-refractivity contribution in [3.63, 3.8) is 0 Å². The Morgan fingerprint density at radius 2 is 1.91 bits per heavy atom. The van der Waals surface area contributed by atoms with E-state index in [2.05, 4.69) is 5.32 Å². The zero-order chi connectivity index (χ0) is 17.3. The SMILES string of the molecule is CC(C)CN(CC=Cc1ccccc1)C(=O)NCCS(C)(=O)=O. The van der Waals surface area contributed by atoms with Crippen molar-refractivity contribution in [2.45, 2.75) is 13.8 Å². The van der Waals surface area contributed by atoms with Crippen LogP contribution in [0.1, 0.15) is 19.4 Å². The summed E-state index contributed by atoms with van der Waals surface area (Å²) < 4.78 is 22.2. The van der Waals surface area contributed by atoms with E-state index in [1.165, 1.54) is 0 Å². The Morgan fingerprint density at radius 1 is 1.26 bits per heavy atom. The standard InChI is InChI=1S/C17H26N2O3S/c1-15(2)14-19(17(20)18-11-13-23(3,21)22)12-7-10-16-8-5-4-6-9-16/h4-10,15H,11-14H2,1-3H3,(H,18,20). The van der Waals surface area contributed by atoms with E-state index < -0.39 is 9.84 Å². The molecule has 1 aromatic carbocycles. The number of nitrogens with zero attached hydrogens (tertiary/aromatic N) is 1. The zero-order valence-electron chi connectivity index (χ0n) is 14.0. The number of carbonyl (C=O) groups is 1. The van der Waals surface area contributed by atoms with Gasteiger partial charge in [0.15, 0.2) is 0 Å². The third-order valence-corrected chi connectivity index (χ3v) is 4.00. The van der Waals surface area contributed by atoms with Crippen molar-refractivity contribution in [1.29, 1.82) is 0 Å². The van der Waals surface area contributed by atoms with E-state index in [4.69, 9.17) is 0 Å². The zero-order valence-corrected chi connectivity index (χ0v) is 14.8. The molecule has 0 saturated carbocycles. The van der Waals surface area contributed by atoms with E-state index in [1.54, 1.807) is 4.90 Å². The molecule has 0 atom stereocenters. The molecule has 1 N–H and O–H groups in total. The number of carbonyl (C=O) groups excluding carboxylic acids is 1. The molecular formula is C17H26N2O3S. The molecule has 0 bridgehead atoms. The van der Waals surface area contributed by atoms with Gasteiger partial charge in [0.05, 0.1) is 5.75 Å². The molecule has 0 radical (unpaired) electrons. The molecule has 0 spiro atoms. The Balaban J connectivity index is 2.57. The van der Waals surface area contributed by atoms with E-state index in [1.807, 2.05) is 56.3 Å². The minimum Gasteiger partial charge on any atom is -0.337 e. The molecule has 2 amide bonds. The molecule has 0 aromatic heterocycles. The molecule has 6 heteroatoms. The summed E-state index contributed by atoms with van der Waals surface area (Å²) in [5.74, 6) is 0.287. The van der Waals surface area contributed by atoms with Gasteiger partial charge in [-0.2, -0.15) is 0 Å². The lowest BCUT2D eigenvalue weighted by molar-refractivity contribution is 0.198. The van der Waals surface area contributed by atoms with Crippen LogP contribution in [0, 0.1) is 5.92 Å². The predicted molar refractivity (Wildman–Crippen MR) is 95.0 cm³/mol. The first-order valence-electron chi connectivity index (χ1n) is 7.70. The quantitative estimate of drug-likeness (QED) is 0.791. The van der Waals surface area contributed by atoms with Gasteiger partial charge < -0.3 is 10.2 Å². The Labute approximate surface area is 139 Å². The highest BCUT2D eigenvalue weighted by Gasteiger charge is 2.13. The van der Waals surface area contributed by atoms with Crippen molar-refractivity contribution in [3.8, 4) is 0 Å². The summed E-state index contributed by atoms with van der Waals surface area (Å²) in [7, 11) is -3.07. The van der Waals surface area contributed by atoms with Crippen molar-refractivity contribution in [2.75, 3.05) is 31.6 Å². The minimum atomic E-state index is -3.07. The maximum absolute atomic E-state index is 12.2.